The standard InChI is InChI=1S/C16H12BrF3O3/c17-13-6-4-11(5-7-13)9-23-15(21)10-22-14-3-1-2-12(8-14)16(18,19)20/h1-8H,9-10H2. The average Bonchev–Trinajstić information content (AvgIpc) is 2.52. The Morgan fingerprint density at radius 2 is 1.78 bits per heavy atom. The van der Waals surface area contributed by atoms with Gasteiger partial charge in [-0.05, 0) is 35.9 Å². The highest BCUT2D eigenvalue weighted by molar-refractivity contribution is 9.10. The summed E-state index contributed by atoms with van der Waals surface area (Å²) in [6.45, 7) is -0.393. The minimum absolute atomic E-state index is 0.0413. The molecule has 3 nitrogen and oxygen atoms in total. The molecule has 0 saturated carbocycles. The third-order valence-corrected chi connectivity index (χ3v) is 3.36. The van der Waals surface area contributed by atoms with E-state index in [1.54, 1.807) is 12.1 Å². The van der Waals surface area contributed by atoms with Crippen molar-refractivity contribution in [3.05, 3.63) is 64.1 Å². The number of esters is 1. The molecule has 0 aliphatic rings. The van der Waals surface area contributed by atoms with Gasteiger partial charge < -0.3 is 9.47 Å². The van der Waals surface area contributed by atoms with Crippen LogP contribution in [0.4, 0.5) is 13.2 Å². The molecule has 0 N–H and O–H groups in total. The van der Waals surface area contributed by atoms with Gasteiger partial charge in [-0.15, -0.1) is 0 Å². The normalized spacial score (nSPS) is 11.1. The van der Waals surface area contributed by atoms with Gasteiger partial charge in [0.25, 0.3) is 0 Å². The molecule has 0 fully saturated rings. The predicted molar refractivity (Wildman–Crippen MR) is 80.9 cm³/mol. The van der Waals surface area contributed by atoms with Crippen LogP contribution in [-0.4, -0.2) is 12.6 Å². The third-order valence-electron chi connectivity index (χ3n) is 2.83. The molecule has 0 atom stereocenters. The van der Waals surface area contributed by atoms with E-state index < -0.39 is 24.3 Å². The first-order valence-corrected chi connectivity index (χ1v) is 7.34. The highest BCUT2D eigenvalue weighted by Crippen LogP contribution is 2.31. The van der Waals surface area contributed by atoms with Crippen LogP contribution in [0.15, 0.2) is 53.0 Å². The van der Waals surface area contributed by atoms with Crippen LogP contribution in [0.1, 0.15) is 11.1 Å². The van der Waals surface area contributed by atoms with E-state index in [2.05, 4.69) is 15.9 Å². The molecule has 0 aliphatic heterocycles. The van der Waals surface area contributed by atoms with Crippen molar-refractivity contribution in [1.82, 2.24) is 0 Å². The fourth-order valence-electron chi connectivity index (χ4n) is 1.69. The van der Waals surface area contributed by atoms with Gasteiger partial charge in [-0.3, -0.25) is 0 Å². The monoisotopic (exact) mass is 388 g/mol. The number of carbonyl (C=O) groups excluding carboxylic acids is 1. The molecule has 0 unspecified atom stereocenters. The number of alkyl halides is 3. The molecule has 0 amide bonds. The Labute approximate surface area is 139 Å². The van der Waals surface area contributed by atoms with E-state index in [0.717, 1.165) is 22.2 Å². The lowest BCUT2D eigenvalue weighted by Gasteiger charge is -2.10. The number of hydrogen-bond acceptors (Lipinski definition) is 3. The van der Waals surface area contributed by atoms with Gasteiger partial charge in [-0.25, -0.2) is 4.79 Å². The molecule has 0 aliphatic carbocycles. The summed E-state index contributed by atoms with van der Waals surface area (Å²) in [6.07, 6.45) is -4.46. The lowest BCUT2D eigenvalue weighted by Crippen LogP contribution is -2.15. The van der Waals surface area contributed by atoms with Crippen molar-refractivity contribution >= 4 is 21.9 Å². The Morgan fingerprint density at radius 3 is 2.43 bits per heavy atom. The smallest absolute Gasteiger partial charge is 0.416 e. The lowest BCUT2D eigenvalue weighted by atomic mass is 10.2. The highest BCUT2D eigenvalue weighted by atomic mass is 79.9. The fourth-order valence-corrected chi connectivity index (χ4v) is 1.95. The van der Waals surface area contributed by atoms with Gasteiger partial charge in [0.05, 0.1) is 5.56 Å². The van der Waals surface area contributed by atoms with Crippen molar-refractivity contribution in [1.29, 1.82) is 0 Å². The Morgan fingerprint density at radius 1 is 1.09 bits per heavy atom. The molecule has 2 aromatic carbocycles. The van der Waals surface area contributed by atoms with Crippen molar-refractivity contribution in [2.45, 2.75) is 12.8 Å². The molecule has 2 rings (SSSR count). The van der Waals surface area contributed by atoms with Crippen molar-refractivity contribution in [2.24, 2.45) is 0 Å². The van der Waals surface area contributed by atoms with Crippen LogP contribution in [0.5, 0.6) is 5.75 Å². The third kappa shape index (κ3) is 5.59. The average molecular weight is 389 g/mol. The summed E-state index contributed by atoms with van der Waals surface area (Å²) in [5.74, 6) is -0.703. The van der Waals surface area contributed by atoms with Gasteiger partial charge >= 0.3 is 12.1 Å². The molecule has 0 heterocycles. The van der Waals surface area contributed by atoms with Crippen LogP contribution in [0, 0.1) is 0 Å². The van der Waals surface area contributed by atoms with Crippen molar-refractivity contribution < 1.29 is 27.4 Å². The van der Waals surface area contributed by atoms with Gasteiger partial charge in [0.1, 0.15) is 12.4 Å². The SMILES string of the molecule is O=C(COc1cccc(C(F)(F)F)c1)OCc1ccc(Br)cc1. The number of hydrogen-bond donors (Lipinski definition) is 0. The van der Waals surface area contributed by atoms with Crippen molar-refractivity contribution in [3.8, 4) is 5.75 Å². The van der Waals surface area contributed by atoms with Crippen LogP contribution < -0.4 is 4.74 Å². The Balaban J connectivity index is 1.83. The van der Waals surface area contributed by atoms with E-state index in [1.807, 2.05) is 12.1 Å². The van der Waals surface area contributed by atoms with E-state index >= 15 is 0 Å². The molecule has 0 aromatic heterocycles. The van der Waals surface area contributed by atoms with E-state index in [9.17, 15) is 18.0 Å². The number of benzene rings is 2. The predicted octanol–water partition coefficient (Wildman–Crippen LogP) is 4.59. The molecular weight excluding hydrogens is 377 g/mol. The van der Waals surface area contributed by atoms with Crippen LogP contribution in [0.2, 0.25) is 0 Å². The maximum atomic E-state index is 12.6. The minimum atomic E-state index is -4.46. The first-order chi connectivity index (χ1) is 10.8. The van der Waals surface area contributed by atoms with Crippen LogP contribution in [0.25, 0.3) is 0 Å². The molecule has 23 heavy (non-hydrogen) atoms. The van der Waals surface area contributed by atoms with E-state index in [4.69, 9.17) is 9.47 Å². The Bertz CT molecular complexity index is 669. The molecule has 0 saturated heterocycles. The number of ether oxygens (including phenoxy) is 2. The second-order valence-electron chi connectivity index (χ2n) is 4.60. The van der Waals surface area contributed by atoms with Crippen molar-refractivity contribution in [3.63, 3.8) is 0 Å². The first kappa shape index (κ1) is 17.3. The topological polar surface area (TPSA) is 35.5 Å². The Hall–Kier alpha value is -2.02. The molecule has 0 spiro atoms. The number of rotatable bonds is 5. The maximum Gasteiger partial charge on any atom is 0.416 e. The van der Waals surface area contributed by atoms with Gasteiger partial charge in [-0.2, -0.15) is 13.2 Å². The lowest BCUT2D eigenvalue weighted by molar-refractivity contribution is -0.147. The summed E-state index contributed by atoms with van der Waals surface area (Å²) in [5, 5.41) is 0. The first-order valence-electron chi connectivity index (χ1n) is 6.55. The highest BCUT2D eigenvalue weighted by Gasteiger charge is 2.30. The van der Waals surface area contributed by atoms with Crippen molar-refractivity contribution in [2.75, 3.05) is 6.61 Å². The second-order valence-corrected chi connectivity index (χ2v) is 5.52. The van der Waals surface area contributed by atoms with Gasteiger partial charge in [0.15, 0.2) is 6.61 Å². The summed E-state index contributed by atoms with van der Waals surface area (Å²) in [4.78, 5) is 11.6. The maximum absolute atomic E-state index is 12.6. The summed E-state index contributed by atoms with van der Waals surface area (Å²) >= 11 is 3.29. The molecule has 0 bridgehead atoms. The van der Waals surface area contributed by atoms with Gasteiger partial charge in [0.2, 0.25) is 0 Å². The van der Waals surface area contributed by atoms with E-state index in [1.165, 1.54) is 12.1 Å². The van der Waals surface area contributed by atoms with E-state index in [-0.39, 0.29) is 12.4 Å². The second kappa shape index (κ2) is 7.50. The largest absolute Gasteiger partial charge is 0.482 e. The zero-order valence-electron chi connectivity index (χ0n) is 11.8. The molecule has 0 radical (unpaired) electrons. The van der Waals surface area contributed by atoms with Crippen LogP contribution >= 0.6 is 15.9 Å². The summed E-state index contributed by atoms with van der Waals surface area (Å²) in [5.41, 5.74) is -0.0427. The Kier molecular flexibility index (Phi) is 5.65. The molecule has 122 valence electrons. The molecule has 2 aromatic rings. The van der Waals surface area contributed by atoms with E-state index in [0.29, 0.717) is 0 Å². The zero-order chi connectivity index (χ0) is 16.9. The summed E-state index contributed by atoms with van der Waals surface area (Å²) in [6, 6.07) is 11.5. The fraction of sp³-hybridized carbons (Fsp3) is 0.188. The minimum Gasteiger partial charge on any atom is -0.482 e. The molecular formula is C16H12BrF3O3. The summed E-state index contributed by atoms with van der Waals surface area (Å²) < 4.78 is 48.6. The quantitative estimate of drug-likeness (QED) is 0.702. The van der Waals surface area contributed by atoms with Crippen LogP contribution in [-0.2, 0) is 22.3 Å². The zero-order valence-corrected chi connectivity index (χ0v) is 13.4. The van der Waals surface area contributed by atoms with Gasteiger partial charge in [-0.1, -0.05) is 34.1 Å². The number of carbonyl (C=O) groups is 1. The summed E-state index contributed by atoms with van der Waals surface area (Å²) in [7, 11) is 0. The number of halogens is 4. The molecule has 7 heteroatoms. The van der Waals surface area contributed by atoms with Gasteiger partial charge in [0, 0.05) is 4.47 Å². The van der Waals surface area contributed by atoms with Crippen LogP contribution in [0.3, 0.4) is 0 Å².